The smallest absolute Gasteiger partial charge is 0.412 e. The van der Waals surface area contributed by atoms with Gasteiger partial charge in [-0.25, -0.2) is 9.18 Å². The number of nitrogens with zero attached hydrogens (tertiary/aromatic N) is 1. The van der Waals surface area contributed by atoms with E-state index in [1.165, 1.54) is 12.1 Å². The van der Waals surface area contributed by atoms with Gasteiger partial charge in [0, 0.05) is 17.8 Å². The average Bonchev–Trinajstić information content (AvgIpc) is 2.61. The number of hydrogen-bond donors (Lipinski definition) is 2. The highest BCUT2D eigenvalue weighted by Crippen LogP contribution is 2.18. The van der Waals surface area contributed by atoms with Gasteiger partial charge in [-0.3, -0.25) is 10.1 Å². The topological polar surface area (TPSA) is 70.7 Å². The van der Waals surface area contributed by atoms with Crippen LogP contribution in [-0.4, -0.2) is 43.1 Å². The van der Waals surface area contributed by atoms with Gasteiger partial charge >= 0.3 is 6.09 Å². The molecule has 0 saturated heterocycles. The van der Waals surface area contributed by atoms with Crippen LogP contribution in [0.2, 0.25) is 0 Å². The van der Waals surface area contributed by atoms with Crippen molar-refractivity contribution in [2.45, 2.75) is 32.4 Å². The SMILES string of the molecule is CN(C)C(CNC(=O)c1cccc(NC(=O)OC(C)(C)C)c1)c1ccc(F)cc1. The molecule has 0 saturated carbocycles. The number of carbonyl (C=O) groups is 2. The van der Waals surface area contributed by atoms with Gasteiger partial charge < -0.3 is 15.0 Å². The van der Waals surface area contributed by atoms with E-state index in [9.17, 15) is 14.0 Å². The number of nitrogens with one attached hydrogen (secondary N) is 2. The molecule has 0 aliphatic carbocycles. The predicted molar refractivity (Wildman–Crippen MR) is 111 cm³/mol. The number of ether oxygens (including phenoxy) is 1. The second kappa shape index (κ2) is 9.52. The van der Waals surface area contributed by atoms with E-state index in [2.05, 4.69) is 10.6 Å². The number of likely N-dealkylation sites (N-methyl/N-ethyl adjacent to an activating group) is 1. The molecule has 0 aromatic heterocycles. The number of halogens is 1. The Kier molecular flexibility index (Phi) is 7.34. The van der Waals surface area contributed by atoms with E-state index in [0.29, 0.717) is 17.8 Å². The minimum absolute atomic E-state index is 0.109. The average molecular weight is 401 g/mol. The Balaban J connectivity index is 2.02. The summed E-state index contributed by atoms with van der Waals surface area (Å²) in [7, 11) is 3.79. The van der Waals surface area contributed by atoms with Gasteiger partial charge in [0.05, 0.1) is 6.04 Å². The standard InChI is InChI=1S/C22H28FN3O3/c1-22(2,3)29-21(28)25-18-8-6-7-16(13-18)20(27)24-14-19(26(4)5)15-9-11-17(23)12-10-15/h6-13,19H,14H2,1-5H3,(H,24,27)(H,25,28). The van der Waals surface area contributed by atoms with Crippen LogP contribution in [0.4, 0.5) is 14.9 Å². The minimum Gasteiger partial charge on any atom is -0.444 e. The van der Waals surface area contributed by atoms with Crippen LogP contribution >= 0.6 is 0 Å². The summed E-state index contributed by atoms with van der Waals surface area (Å²) in [5, 5.41) is 5.52. The molecule has 0 aliphatic rings. The number of amides is 2. The lowest BCUT2D eigenvalue weighted by Crippen LogP contribution is -2.34. The van der Waals surface area contributed by atoms with Gasteiger partial charge in [-0.15, -0.1) is 0 Å². The van der Waals surface area contributed by atoms with Gasteiger partial charge in [-0.2, -0.15) is 0 Å². The van der Waals surface area contributed by atoms with Crippen LogP contribution in [-0.2, 0) is 4.74 Å². The van der Waals surface area contributed by atoms with Crippen molar-refractivity contribution in [3.63, 3.8) is 0 Å². The minimum atomic E-state index is -0.611. The fourth-order valence-electron chi connectivity index (χ4n) is 2.73. The van der Waals surface area contributed by atoms with E-state index in [4.69, 9.17) is 4.74 Å². The molecule has 6 nitrogen and oxygen atoms in total. The molecule has 0 spiro atoms. The van der Waals surface area contributed by atoms with Crippen molar-refractivity contribution in [3.8, 4) is 0 Å². The maximum Gasteiger partial charge on any atom is 0.412 e. The fourth-order valence-corrected chi connectivity index (χ4v) is 2.73. The molecule has 156 valence electrons. The quantitative estimate of drug-likeness (QED) is 0.761. The van der Waals surface area contributed by atoms with Crippen molar-refractivity contribution in [1.82, 2.24) is 10.2 Å². The molecule has 2 N–H and O–H groups in total. The Hall–Kier alpha value is -2.93. The van der Waals surface area contributed by atoms with Crippen molar-refractivity contribution in [1.29, 1.82) is 0 Å². The van der Waals surface area contributed by atoms with Gasteiger partial charge in [-0.1, -0.05) is 18.2 Å². The van der Waals surface area contributed by atoms with Gasteiger partial charge in [0.1, 0.15) is 11.4 Å². The Bertz CT molecular complexity index is 845. The van der Waals surface area contributed by atoms with Crippen molar-refractivity contribution in [2.24, 2.45) is 0 Å². The summed E-state index contributed by atoms with van der Waals surface area (Å²) in [6.45, 7) is 5.68. The Morgan fingerprint density at radius 1 is 1.10 bits per heavy atom. The van der Waals surface area contributed by atoms with Crippen LogP contribution in [0.25, 0.3) is 0 Å². The molecule has 1 unspecified atom stereocenters. The zero-order valence-corrected chi connectivity index (χ0v) is 17.5. The summed E-state index contributed by atoms with van der Waals surface area (Å²) in [6, 6.07) is 12.7. The lowest BCUT2D eigenvalue weighted by Gasteiger charge is -2.25. The normalized spacial score (nSPS) is 12.4. The molecule has 1 atom stereocenters. The van der Waals surface area contributed by atoms with E-state index >= 15 is 0 Å². The lowest BCUT2D eigenvalue weighted by atomic mass is 10.1. The Morgan fingerprint density at radius 3 is 2.34 bits per heavy atom. The molecule has 29 heavy (non-hydrogen) atoms. The van der Waals surface area contributed by atoms with E-state index in [0.717, 1.165) is 5.56 Å². The van der Waals surface area contributed by atoms with Crippen molar-refractivity contribution in [3.05, 3.63) is 65.5 Å². The molecule has 0 heterocycles. The maximum atomic E-state index is 13.2. The zero-order valence-electron chi connectivity index (χ0n) is 17.5. The predicted octanol–water partition coefficient (Wildman–Crippen LogP) is 4.21. The maximum absolute atomic E-state index is 13.2. The molecule has 2 rings (SSSR count). The van der Waals surface area contributed by atoms with E-state index < -0.39 is 11.7 Å². The van der Waals surface area contributed by atoms with Gasteiger partial charge in [0.2, 0.25) is 0 Å². The molecule has 2 amide bonds. The van der Waals surface area contributed by atoms with Crippen LogP contribution in [0, 0.1) is 5.82 Å². The number of carbonyl (C=O) groups excluding carboxylic acids is 2. The van der Waals surface area contributed by atoms with E-state index in [1.807, 2.05) is 19.0 Å². The largest absolute Gasteiger partial charge is 0.444 e. The third kappa shape index (κ3) is 7.19. The molecule has 0 aliphatic heterocycles. The summed E-state index contributed by atoms with van der Waals surface area (Å²) in [4.78, 5) is 26.5. The first-order valence-electron chi connectivity index (χ1n) is 9.35. The van der Waals surface area contributed by atoms with Gasteiger partial charge in [0.25, 0.3) is 5.91 Å². The number of anilines is 1. The summed E-state index contributed by atoms with van der Waals surface area (Å²) < 4.78 is 18.4. The summed E-state index contributed by atoms with van der Waals surface area (Å²) >= 11 is 0. The van der Waals surface area contributed by atoms with Crippen LogP contribution in [0.1, 0.15) is 42.7 Å². The highest BCUT2D eigenvalue weighted by Gasteiger charge is 2.18. The first kappa shape index (κ1) is 22.4. The third-order valence-corrected chi connectivity index (χ3v) is 4.10. The highest BCUT2D eigenvalue weighted by molar-refractivity contribution is 5.96. The van der Waals surface area contributed by atoms with Crippen molar-refractivity contribution in [2.75, 3.05) is 26.0 Å². The molecule has 2 aromatic rings. The molecule has 0 bridgehead atoms. The molecule has 0 radical (unpaired) electrons. The first-order valence-corrected chi connectivity index (χ1v) is 9.35. The second-order valence-electron chi connectivity index (χ2n) is 7.95. The van der Waals surface area contributed by atoms with Crippen LogP contribution < -0.4 is 10.6 Å². The van der Waals surface area contributed by atoms with Crippen LogP contribution in [0.15, 0.2) is 48.5 Å². The number of benzene rings is 2. The van der Waals surface area contributed by atoms with Crippen molar-refractivity contribution >= 4 is 17.7 Å². The summed E-state index contributed by atoms with van der Waals surface area (Å²) in [5.41, 5.74) is 1.17. The lowest BCUT2D eigenvalue weighted by molar-refractivity contribution is 0.0635. The number of rotatable bonds is 6. The fraction of sp³-hybridized carbons (Fsp3) is 0.364. The molecule has 2 aromatic carbocycles. The first-order chi connectivity index (χ1) is 13.5. The van der Waals surface area contributed by atoms with Gasteiger partial charge in [0.15, 0.2) is 0 Å². The summed E-state index contributed by atoms with van der Waals surface area (Å²) in [5.74, 6) is -0.573. The molecular formula is C22H28FN3O3. The second-order valence-corrected chi connectivity index (χ2v) is 7.95. The van der Waals surface area contributed by atoms with E-state index in [-0.39, 0.29) is 17.8 Å². The highest BCUT2D eigenvalue weighted by atomic mass is 19.1. The van der Waals surface area contributed by atoms with Crippen LogP contribution in [0.3, 0.4) is 0 Å². The van der Waals surface area contributed by atoms with E-state index in [1.54, 1.807) is 57.2 Å². The third-order valence-electron chi connectivity index (χ3n) is 4.10. The Morgan fingerprint density at radius 2 is 1.76 bits per heavy atom. The number of hydrogen-bond acceptors (Lipinski definition) is 4. The Labute approximate surface area is 171 Å². The zero-order chi connectivity index (χ0) is 21.6. The molecular weight excluding hydrogens is 373 g/mol. The molecule has 0 fully saturated rings. The van der Waals surface area contributed by atoms with Gasteiger partial charge in [-0.05, 0) is 70.8 Å². The van der Waals surface area contributed by atoms with Crippen LogP contribution in [0.5, 0.6) is 0 Å². The monoisotopic (exact) mass is 401 g/mol. The molecule has 7 heteroatoms. The van der Waals surface area contributed by atoms with Crippen molar-refractivity contribution < 1.29 is 18.7 Å². The summed E-state index contributed by atoms with van der Waals surface area (Å²) in [6.07, 6.45) is -0.584.